The van der Waals surface area contributed by atoms with E-state index in [1.54, 1.807) is 6.20 Å². The second-order valence-corrected chi connectivity index (χ2v) is 8.93. The number of piperidine rings is 1. The minimum Gasteiger partial charge on any atom is -0.339 e. The maximum absolute atomic E-state index is 12.8. The Hall–Kier alpha value is -1.17. The summed E-state index contributed by atoms with van der Waals surface area (Å²) in [7, 11) is 0. The maximum Gasteiger partial charge on any atom is 0.224 e. The summed E-state index contributed by atoms with van der Waals surface area (Å²) in [5.41, 5.74) is 4.94. The molecule has 3 heterocycles. The van der Waals surface area contributed by atoms with Gasteiger partial charge in [-0.2, -0.15) is 0 Å². The van der Waals surface area contributed by atoms with Crippen LogP contribution in [0.15, 0.2) is 18.3 Å². The van der Waals surface area contributed by atoms with E-state index in [0.717, 1.165) is 24.4 Å². The molecule has 1 aromatic heterocycles. The number of aromatic nitrogens is 1. The Morgan fingerprint density at radius 3 is 2.81 bits per heavy atom. The Morgan fingerprint density at radius 1 is 1.19 bits per heavy atom. The molecular weight excluding hydrogens is 348 g/mol. The van der Waals surface area contributed by atoms with Crippen LogP contribution in [0.25, 0.3) is 0 Å². The summed E-state index contributed by atoms with van der Waals surface area (Å²) in [4.78, 5) is 16.9. The largest absolute Gasteiger partial charge is 0.339 e. The average molecular weight is 375 g/mol. The first-order valence-corrected chi connectivity index (χ1v) is 10.5. The lowest BCUT2D eigenvalue weighted by atomic mass is 9.63. The van der Waals surface area contributed by atoms with E-state index < -0.39 is 0 Å². The molecule has 2 aliphatic heterocycles. The molecule has 6 heteroatoms. The predicted molar refractivity (Wildman–Crippen MR) is 99.9 cm³/mol. The molecule has 0 radical (unpaired) electrons. The molecule has 0 bridgehead atoms. The summed E-state index contributed by atoms with van der Waals surface area (Å²) in [5, 5.41) is 6.16. The molecule has 5 rings (SSSR count). The number of carbonyl (C=O) groups excluding carboxylic acids is 1. The SMILES string of the molecule is O=C1NC2C(C3CCCCC13)C(C1CCC1)NN2Cc1ccnc(Cl)c1. The molecule has 1 aromatic rings. The van der Waals surface area contributed by atoms with E-state index in [1.165, 1.54) is 38.5 Å². The van der Waals surface area contributed by atoms with Gasteiger partial charge in [-0.3, -0.25) is 4.79 Å². The molecule has 2 saturated heterocycles. The number of carbonyl (C=O) groups is 1. The van der Waals surface area contributed by atoms with Gasteiger partial charge in [0.05, 0.1) is 6.17 Å². The van der Waals surface area contributed by atoms with Gasteiger partial charge < -0.3 is 5.32 Å². The third kappa shape index (κ3) is 2.85. The fourth-order valence-corrected chi connectivity index (χ4v) is 5.93. The van der Waals surface area contributed by atoms with Crippen molar-refractivity contribution in [3.63, 3.8) is 0 Å². The third-order valence-corrected chi connectivity index (χ3v) is 7.38. The first-order valence-electron chi connectivity index (χ1n) is 10.1. The molecule has 5 nitrogen and oxygen atoms in total. The highest BCUT2D eigenvalue weighted by atomic mass is 35.5. The highest BCUT2D eigenvalue weighted by Gasteiger charge is 2.55. The number of rotatable bonds is 3. The molecule has 0 spiro atoms. The minimum atomic E-state index is 0.0967. The van der Waals surface area contributed by atoms with E-state index in [-0.39, 0.29) is 18.0 Å². The molecule has 1 amide bonds. The van der Waals surface area contributed by atoms with Crippen LogP contribution in [-0.4, -0.2) is 28.1 Å². The van der Waals surface area contributed by atoms with Gasteiger partial charge in [0.25, 0.3) is 0 Å². The maximum atomic E-state index is 12.8. The molecule has 4 fully saturated rings. The number of hydrazine groups is 1. The Kier molecular flexibility index (Phi) is 4.42. The van der Waals surface area contributed by atoms with Gasteiger partial charge in [0, 0.05) is 30.6 Å². The lowest BCUT2D eigenvalue weighted by Gasteiger charge is -2.46. The number of nitrogens with zero attached hydrogens (tertiary/aromatic N) is 2. The van der Waals surface area contributed by atoms with Gasteiger partial charge in [-0.05, 0) is 55.2 Å². The lowest BCUT2D eigenvalue weighted by Crippen LogP contribution is -2.59. The monoisotopic (exact) mass is 374 g/mol. The fraction of sp³-hybridized carbons (Fsp3) is 0.700. The third-order valence-electron chi connectivity index (χ3n) is 7.17. The average Bonchev–Trinajstić information content (AvgIpc) is 2.92. The van der Waals surface area contributed by atoms with Crippen molar-refractivity contribution in [2.45, 2.75) is 63.7 Å². The van der Waals surface area contributed by atoms with Crippen molar-refractivity contribution in [3.05, 3.63) is 29.0 Å². The first-order chi connectivity index (χ1) is 12.7. The Morgan fingerprint density at radius 2 is 2.04 bits per heavy atom. The zero-order chi connectivity index (χ0) is 17.7. The molecule has 0 aromatic carbocycles. The summed E-state index contributed by atoms with van der Waals surface area (Å²) >= 11 is 6.07. The number of fused-ring (bicyclic) bond motifs is 3. The van der Waals surface area contributed by atoms with Gasteiger partial charge in [-0.15, -0.1) is 0 Å². The highest BCUT2D eigenvalue weighted by molar-refractivity contribution is 6.29. The number of pyridine rings is 1. The van der Waals surface area contributed by atoms with Crippen LogP contribution in [0.5, 0.6) is 0 Å². The van der Waals surface area contributed by atoms with Crippen LogP contribution >= 0.6 is 11.6 Å². The second-order valence-electron chi connectivity index (χ2n) is 8.55. The molecule has 2 saturated carbocycles. The van der Waals surface area contributed by atoms with Crippen LogP contribution in [0.1, 0.15) is 50.5 Å². The van der Waals surface area contributed by atoms with E-state index in [0.29, 0.717) is 23.0 Å². The number of halogens is 1. The van der Waals surface area contributed by atoms with Crippen LogP contribution in [0.4, 0.5) is 0 Å². The zero-order valence-corrected chi connectivity index (χ0v) is 15.8. The van der Waals surface area contributed by atoms with E-state index in [4.69, 9.17) is 11.6 Å². The van der Waals surface area contributed by atoms with Gasteiger partial charge in [0.1, 0.15) is 5.15 Å². The number of nitrogens with one attached hydrogen (secondary N) is 2. The van der Waals surface area contributed by atoms with E-state index >= 15 is 0 Å². The molecule has 140 valence electrons. The van der Waals surface area contributed by atoms with Crippen molar-refractivity contribution in [2.75, 3.05) is 0 Å². The molecular formula is C20H27ClN4O. The smallest absolute Gasteiger partial charge is 0.224 e. The normalized spacial score (nSPS) is 37.6. The molecule has 26 heavy (non-hydrogen) atoms. The van der Waals surface area contributed by atoms with Gasteiger partial charge in [0.2, 0.25) is 5.91 Å². The second kappa shape index (κ2) is 6.77. The lowest BCUT2D eigenvalue weighted by molar-refractivity contribution is -0.137. The van der Waals surface area contributed by atoms with Crippen LogP contribution in [-0.2, 0) is 11.3 Å². The summed E-state index contributed by atoms with van der Waals surface area (Å²) < 4.78 is 0. The molecule has 2 aliphatic carbocycles. The molecule has 2 N–H and O–H groups in total. The van der Waals surface area contributed by atoms with Crippen LogP contribution < -0.4 is 10.7 Å². The Bertz CT molecular complexity index is 694. The van der Waals surface area contributed by atoms with Crippen molar-refractivity contribution in [3.8, 4) is 0 Å². The van der Waals surface area contributed by atoms with Gasteiger partial charge >= 0.3 is 0 Å². The summed E-state index contributed by atoms with van der Waals surface area (Å²) in [6.45, 7) is 0.740. The summed E-state index contributed by atoms with van der Waals surface area (Å²) in [5.74, 6) is 2.31. The molecule has 5 atom stereocenters. The highest BCUT2D eigenvalue weighted by Crippen LogP contribution is 2.48. The molecule has 5 unspecified atom stereocenters. The van der Waals surface area contributed by atoms with Crippen molar-refractivity contribution >= 4 is 17.5 Å². The minimum absolute atomic E-state index is 0.0967. The number of amides is 1. The van der Waals surface area contributed by atoms with Crippen LogP contribution in [0.2, 0.25) is 5.15 Å². The molecule has 4 aliphatic rings. The van der Waals surface area contributed by atoms with Crippen molar-refractivity contribution in [2.24, 2.45) is 23.7 Å². The van der Waals surface area contributed by atoms with E-state index in [1.807, 2.05) is 12.1 Å². The van der Waals surface area contributed by atoms with Crippen molar-refractivity contribution < 1.29 is 4.79 Å². The fourth-order valence-electron chi connectivity index (χ4n) is 5.74. The van der Waals surface area contributed by atoms with Crippen LogP contribution in [0.3, 0.4) is 0 Å². The first kappa shape index (κ1) is 17.0. The van der Waals surface area contributed by atoms with Crippen LogP contribution in [0, 0.1) is 23.7 Å². The zero-order valence-electron chi connectivity index (χ0n) is 15.0. The summed E-state index contributed by atoms with van der Waals surface area (Å²) in [6, 6.07) is 4.42. The Balaban J connectivity index is 1.43. The quantitative estimate of drug-likeness (QED) is 0.798. The Labute approximate surface area is 159 Å². The van der Waals surface area contributed by atoms with E-state index in [9.17, 15) is 4.79 Å². The van der Waals surface area contributed by atoms with Gasteiger partial charge in [-0.25, -0.2) is 15.4 Å². The number of hydrogen-bond acceptors (Lipinski definition) is 4. The topological polar surface area (TPSA) is 57.3 Å². The standard InChI is InChI=1S/C20H27ClN4O/c21-16-10-12(8-9-22-16)11-25-19-17(18(24-25)13-4-3-5-13)14-6-1-2-7-15(14)20(26)23-19/h8-10,13-15,17-19,24H,1-7,11H2,(H,23,26). The van der Waals surface area contributed by atoms with Gasteiger partial charge in [-0.1, -0.05) is 30.9 Å². The number of hydrogen-bond donors (Lipinski definition) is 2. The van der Waals surface area contributed by atoms with Crippen molar-refractivity contribution in [1.82, 2.24) is 20.7 Å². The van der Waals surface area contributed by atoms with Gasteiger partial charge in [0.15, 0.2) is 0 Å². The van der Waals surface area contributed by atoms with Crippen molar-refractivity contribution in [1.29, 1.82) is 0 Å². The predicted octanol–water partition coefficient (Wildman–Crippen LogP) is 3.10. The van der Waals surface area contributed by atoms with E-state index in [2.05, 4.69) is 20.7 Å². The summed E-state index contributed by atoms with van der Waals surface area (Å²) in [6.07, 6.45) is 10.6.